The van der Waals surface area contributed by atoms with E-state index in [-0.39, 0.29) is 0 Å². The summed E-state index contributed by atoms with van der Waals surface area (Å²) in [4.78, 5) is 0. The molecule has 0 bridgehead atoms. The molecule has 20 heavy (non-hydrogen) atoms. The summed E-state index contributed by atoms with van der Waals surface area (Å²) in [6, 6.07) is 15.4. The minimum atomic E-state index is 0.807. The minimum Gasteiger partial charge on any atom is -0.151 e. The molecule has 0 aliphatic carbocycles. The van der Waals surface area contributed by atoms with Gasteiger partial charge in [-0.2, -0.15) is 10.2 Å². The van der Waals surface area contributed by atoms with Crippen LogP contribution < -0.4 is 0 Å². The molecule has 2 heteroatoms. The third-order valence-corrected chi connectivity index (χ3v) is 2.60. The highest BCUT2D eigenvalue weighted by molar-refractivity contribution is 5.54. The lowest BCUT2D eigenvalue weighted by Gasteiger charge is -1.95. The molecular weight excluding hydrogens is 244 g/mol. The summed E-state index contributed by atoms with van der Waals surface area (Å²) < 4.78 is 0. The van der Waals surface area contributed by atoms with Crippen LogP contribution in [0.4, 0.5) is 11.4 Å². The first-order chi connectivity index (χ1) is 9.81. The van der Waals surface area contributed by atoms with Crippen molar-refractivity contribution >= 4 is 23.5 Å². The highest BCUT2D eigenvalue weighted by atomic mass is 15.1. The molecule has 0 aromatic heterocycles. The van der Waals surface area contributed by atoms with Crippen LogP contribution in [-0.2, 0) is 0 Å². The molecule has 0 atom stereocenters. The SMILES string of the molecule is C=C=Cc1ccc(N=Nc2ccc(C=C=C)cc2)cc1. The molecule has 0 saturated carbocycles. The van der Waals surface area contributed by atoms with Gasteiger partial charge in [0.25, 0.3) is 0 Å². The molecule has 0 saturated heterocycles. The zero-order valence-corrected chi connectivity index (χ0v) is 11.1. The van der Waals surface area contributed by atoms with Crippen molar-refractivity contribution in [2.24, 2.45) is 10.2 Å². The van der Waals surface area contributed by atoms with Gasteiger partial charge < -0.3 is 0 Å². The third kappa shape index (κ3) is 3.79. The lowest BCUT2D eigenvalue weighted by molar-refractivity contribution is 1.23. The average molecular weight is 258 g/mol. The number of rotatable bonds is 4. The smallest absolute Gasteiger partial charge is 0.0857 e. The van der Waals surface area contributed by atoms with Crippen LogP contribution in [0.1, 0.15) is 11.1 Å². The first kappa shape index (κ1) is 13.5. The Morgan fingerprint density at radius 1 is 0.650 bits per heavy atom. The van der Waals surface area contributed by atoms with Crippen molar-refractivity contribution < 1.29 is 0 Å². The van der Waals surface area contributed by atoms with Crippen molar-refractivity contribution in [3.05, 3.63) is 84.3 Å². The van der Waals surface area contributed by atoms with E-state index in [0.717, 1.165) is 22.5 Å². The van der Waals surface area contributed by atoms with Crippen molar-refractivity contribution in [2.75, 3.05) is 0 Å². The summed E-state index contributed by atoms with van der Waals surface area (Å²) in [6.07, 6.45) is 3.62. The molecule has 2 aromatic rings. The minimum absolute atomic E-state index is 0.807. The molecular formula is C18H14N2. The van der Waals surface area contributed by atoms with E-state index in [0.29, 0.717) is 0 Å². The van der Waals surface area contributed by atoms with Crippen molar-refractivity contribution in [2.45, 2.75) is 0 Å². The molecule has 96 valence electrons. The van der Waals surface area contributed by atoms with Crippen LogP contribution in [0.25, 0.3) is 12.2 Å². The summed E-state index contributed by atoms with van der Waals surface area (Å²) in [5.41, 5.74) is 9.17. The highest BCUT2D eigenvalue weighted by Gasteiger charge is 1.92. The first-order valence-corrected chi connectivity index (χ1v) is 6.15. The molecule has 0 aliphatic heterocycles. The van der Waals surface area contributed by atoms with E-state index in [1.165, 1.54) is 0 Å². The van der Waals surface area contributed by atoms with Gasteiger partial charge in [-0.1, -0.05) is 37.4 Å². The standard InChI is InChI=1S/C18H14N2/c1-3-5-15-7-11-17(12-8-15)19-20-18-13-9-16(6-4-2)10-14-18/h5-14H,1-2H2. The van der Waals surface area contributed by atoms with Crippen LogP contribution >= 0.6 is 0 Å². The quantitative estimate of drug-likeness (QED) is 0.496. The normalized spacial score (nSPS) is 9.80. The van der Waals surface area contributed by atoms with Gasteiger partial charge in [-0.05, 0) is 47.5 Å². The number of nitrogens with zero attached hydrogens (tertiary/aromatic N) is 2. The van der Waals surface area contributed by atoms with E-state index in [1.807, 2.05) is 60.7 Å². The van der Waals surface area contributed by atoms with Crippen molar-refractivity contribution in [3.8, 4) is 0 Å². The lowest BCUT2D eigenvalue weighted by atomic mass is 10.2. The Kier molecular flexibility index (Phi) is 4.64. The van der Waals surface area contributed by atoms with Crippen LogP contribution in [-0.4, -0.2) is 0 Å². The molecule has 0 N–H and O–H groups in total. The Balaban J connectivity index is 2.12. The van der Waals surface area contributed by atoms with Crippen LogP contribution in [0.3, 0.4) is 0 Å². The number of hydrogen-bond acceptors (Lipinski definition) is 2. The summed E-state index contributed by atoms with van der Waals surface area (Å²) in [6.45, 7) is 7.08. The van der Waals surface area contributed by atoms with E-state index >= 15 is 0 Å². The highest BCUT2D eigenvalue weighted by Crippen LogP contribution is 2.19. The molecule has 2 aromatic carbocycles. The summed E-state index contributed by atoms with van der Waals surface area (Å²) in [5, 5.41) is 8.38. The van der Waals surface area contributed by atoms with Crippen molar-refractivity contribution in [3.63, 3.8) is 0 Å². The molecule has 0 radical (unpaired) electrons. The summed E-state index contributed by atoms with van der Waals surface area (Å²) >= 11 is 0. The summed E-state index contributed by atoms with van der Waals surface area (Å²) in [5.74, 6) is 0. The van der Waals surface area contributed by atoms with Gasteiger partial charge >= 0.3 is 0 Å². The topological polar surface area (TPSA) is 24.7 Å². The number of hydrogen-bond donors (Lipinski definition) is 0. The number of azo groups is 1. The number of benzene rings is 2. The Labute approximate surface area is 118 Å². The molecule has 0 fully saturated rings. The Hall–Kier alpha value is -2.92. The largest absolute Gasteiger partial charge is 0.151 e. The van der Waals surface area contributed by atoms with Crippen LogP contribution in [0.2, 0.25) is 0 Å². The summed E-state index contributed by atoms with van der Waals surface area (Å²) in [7, 11) is 0. The lowest BCUT2D eigenvalue weighted by Crippen LogP contribution is -1.70. The van der Waals surface area contributed by atoms with E-state index < -0.39 is 0 Å². The van der Waals surface area contributed by atoms with Gasteiger partial charge in [0.1, 0.15) is 0 Å². The second kappa shape index (κ2) is 6.86. The fourth-order valence-electron chi connectivity index (χ4n) is 1.63. The van der Waals surface area contributed by atoms with Crippen molar-refractivity contribution in [1.82, 2.24) is 0 Å². The van der Waals surface area contributed by atoms with Crippen LogP contribution in [0.15, 0.2) is 83.4 Å². The second-order valence-electron chi connectivity index (χ2n) is 4.08. The van der Waals surface area contributed by atoms with E-state index in [4.69, 9.17) is 0 Å². The van der Waals surface area contributed by atoms with Gasteiger partial charge in [-0.15, -0.1) is 11.5 Å². The van der Waals surface area contributed by atoms with Gasteiger partial charge in [0, 0.05) is 0 Å². The average Bonchev–Trinajstić information content (AvgIpc) is 2.49. The van der Waals surface area contributed by atoms with Crippen LogP contribution in [0, 0.1) is 0 Å². The molecule has 2 rings (SSSR count). The van der Waals surface area contributed by atoms with E-state index in [1.54, 1.807) is 0 Å². The maximum atomic E-state index is 4.19. The fourth-order valence-corrected chi connectivity index (χ4v) is 1.63. The van der Waals surface area contributed by atoms with Crippen molar-refractivity contribution in [1.29, 1.82) is 0 Å². The monoisotopic (exact) mass is 258 g/mol. The maximum Gasteiger partial charge on any atom is 0.0857 e. The molecule has 2 nitrogen and oxygen atoms in total. The Morgan fingerprint density at radius 2 is 1.00 bits per heavy atom. The van der Waals surface area contributed by atoms with Gasteiger partial charge in [0.15, 0.2) is 0 Å². The maximum absolute atomic E-state index is 4.19. The van der Waals surface area contributed by atoms with E-state index in [2.05, 4.69) is 34.8 Å². The van der Waals surface area contributed by atoms with Gasteiger partial charge in [0.2, 0.25) is 0 Å². The molecule has 0 spiro atoms. The Bertz CT molecular complexity index is 631. The van der Waals surface area contributed by atoms with Gasteiger partial charge in [-0.25, -0.2) is 0 Å². The zero-order valence-electron chi connectivity index (χ0n) is 11.1. The predicted molar refractivity (Wildman–Crippen MR) is 84.3 cm³/mol. The molecule has 0 aliphatic rings. The molecule has 0 amide bonds. The predicted octanol–water partition coefficient (Wildman–Crippen LogP) is 5.70. The zero-order chi connectivity index (χ0) is 14.2. The van der Waals surface area contributed by atoms with Gasteiger partial charge in [0.05, 0.1) is 11.4 Å². The fraction of sp³-hybridized carbons (Fsp3) is 0. The first-order valence-electron chi connectivity index (χ1n) is 6.15. The Morgan fingerprint density at radius 3 is 1.30 bits per heavy atom. The molecule has 0 unspecified atom stereocenters. The van der Waals surface area contributed by atoms with E-state index in [9.17, 15) is 0 Å². The second-order valence-corrected chi connectivity index (χ2v) is 4.08. The van der Waals surface area contributed by atoms with Crippen LogP contribution in [0.5, 0.6) is 0 Å². The third-order valence-electron chi connectivity index (χ3n) is 2.60. The van der Waals surface area contributed by atoms with Gasteiger partial charge in [-0.3, -0.25) is 0 Å². The molecule has 0 heterocycles.